The summed E-state index contributed by atoms with van der Waals surface area (Å²) in [5, 5.41) is 0. The Kier molecular flexibility index (Phi) is 6.11. The number of hydrogen-bond donors (Lipinski definition) is 0. The number of rotatable bonds is 5. The Hall–Kier alpha value is -0.610. The van der Waals surface area contributed by atoms with Crippen LogP contribution in [-0.4, -0.2) is 32.1 Å². The molecule has 0 aromatic carbocycles. The molecule has 0 aromatic heterocycles. The second-order valence-electron chi connectivity index (χ2n) is 5.68. The van der Waals surface area contributed by atoms with E-state index in [-0.39, 0.29) is 12.3 Å². The molecule has 1 saturated carbocycles. The van der Waals surface area contributed by atoms with Gasteiger partial charge in [0.1, 0.15) is 0 Å². The van der Waals surface area contributed by atoms with Crippen molar-refractivity contribution in [2.75, 3.05) is 13.7 Å². The van der Waals surface area contributed by atoms with Gasteiger partial charge in [-0.25, -0.2) is 4.79 Å². The molecule has 4 nitrogen and oxygen atoms in total. The fraction of sp³-hybridized carbons (Fsp3) is 0.933. The molecule has 2 rings (SSSR count). The van der Waals surface area contributed by atoms with Crippen LogP contribution in [0, 0.1) is 5.92 Å². The van der Waals surface area contributed by atoms with Gasteiger partial charge in [-0.05, 0) is 31.6 Å². The Balaban J connectivity index is 1.84. The van der Waals surface area contributed by atoms with Crippen molar-refractivity contribution < 1.29 is 19.0 Å². The lowest BCUT2D eigenvalue weighted by atomic mass is 9.85. The summed E-state index contributed by atoms with van der Waals surface area (Å²) in [5.41, 5.74) is 0. The number of ether oxygens (including phenoxy) is 3. The third-order valence-electron chi connectivity index (χ3n) is 4.19. The van der Waals surface area contributed by atoms with Gasteiger partial charge in [0, 0.05) is 6.61 Å². The molecule has 2 fully saturated rings. The van der Waals surface area contributed by atoms with Gasteiger partial charge in [-0.2, -0.15) is 0 Å². The quantitative estimate of drug-likeness (QED) is 0.720. The van der Waals surface area contributed by atoms with Gasteiger partial charge in [0.05, 0.1) is 7.11 Å². The van der Waals surface area contributed by atoms with Gasteiger partial charge in [-0.15, -0.1) is 0 Å². The van der Waals surface area contributed by atoms with Crippen molar-refractivity contribution in [2.24, 2.45) is 5.92 Å². The summed E-state index contributed by atoms with van der Waals surface area (Å²) in [6.45, 7) is 0.738. The molecule has 1 aliphatic heterocycles. The first-order chi connectivity index (χ1) is 9.29. The average Bonchev–Trinajstić information content (AvgIpc) is 2.48. The van der Waals surface area contributed by atoms with Crippen LogP contribution in [0.3, 0.4) is 0 Å². The molecule has 1 aliphatic carbocycles. The summed E-state index contributed by atoms with van der Waals surface area (Å²) in [5.74, 6) is 0.348. The summed E-state index contributed by atoms with van der Waals surface area (Å²) < 4.78 is 16.3. The minimum atomic E-state index is -0.448. The summed E-state index contributed by atoms with van der Waals surface area (Å²) in [7, 11) is 1.43. The maximum absolute atomic E-state index is 11.9. The first kappa shape index (κ1) is 14.8. The van der Waals surface area contributed by atoms with Crippen LogP contribution in [0.15, 0.2) is 0 Å². The molecule has 2 atom stereocenters. The highest BCUT2D eigenvalue weighted by Gasteiger charge is 2.29. The van der Waals surface area contributed by atoms with Gasteiger partial charge in [0.25, 0.3) is 0 Å². The van der Waals surface area contributed by atoms with Crippen molar-refractivity contribution in [1.82, 2.24) is 0 Å². The molecule has 0 radical (unpaired) electrons. The zero-order chi connectivity index (χ0) is 13.5. The van der Waals surface area contributed by atoms with Gasteiger partial charge in [-0.3, -0.25) is 0 Å². The first-order valence-corrected chi connectivity index (χ1v) is 7.64. The molecule has 2 aliphatic rings. The lowest BCUT2D eigenvalue weighted by Gasteiger charge is -2.29. The molecule has 4 heteroatoms. The maximum atomic E-state index is 11.9. The van der Waals surface area contributed by atoms with E-state index in [1.165, 1.54) is 39.2 Å². The summed E-state index contributed by atoms with van der Waals surface area (Å²) >= 11 is 0. The first-order valence-electron chi connectivity index (χ1n) is 7.64. The van der Waals surface area contributed by atoms with Crippen molar-refractivity contribution >= 4 is 5.97 Å². The fourth-order valence-electron chi connectivity index (χ4n) is 3.07. The van der Waals surface area contributed by atoms with Crippen molar-refractivity contribution in [3.8, 4) is 0 Å². The normalized spacial score (nSPS) is 26.9. The lowest BCUT2D eigenvalue weighted by Crippen LogP contribution is -2.35. The highest BCUT2D eigenvalue weighted by molar-refractivity contribution is 5.74. The van der Waals surface area contributed by atoms with E-state index in [4.69, 9.17) is 14.2 Å². The predicted octanol–water partition coefficient (Wildman–Crippen LogP) is 3.04. The van der Waals surface area contributed by atoms with Crippen molar-refractivity contribution in [3.05, 3.63) is 0 Å². The Bertz CT molecular complexity index is 247. The van der Waals surface area contributed by atoms with Gasteiger partial charge in [0.15, 0.2) is 12.4 Å². The van der Waals surface area contributed by atoms with Crippen molar-refractivity contribution in [2.45, 2.75) is 70.2 Å². The fourth-order valence-corrected chi connectivity index (χ4v) is 3.07. The largest absolute Gasteiger partial charge is 0.467 e. The van der Waals surface area contributed by atoms with Crippen LogP contribution in [-0.2, 0) is 19.0 Å². The Labute approximate surface area is 115 Å². The average molecular weight is 270 g/mol. The van der Waals surface area contributed by atoms with Gasteiger partial charge in [-0.1, -0.05) is 32.1 Å². The Morgan fingerprint density at radius 2 is 1.89 bits per heavy atom. The van der Waals surface area contributed by atoms with Crippen LogP contribution in [0.2, 0.25) is 0 Å². The van der Waals surface area contributed by atoms with E-state index >= 15 is 0 Å². The van der Waals surface area contributed by atoms with E-state index < -0.39 is 6.10 Å². The molecule has 0 spiro atoms. The van der Waals surface area contributed by atoms with Gasteiger partial charge < -0.3 is 14.2 Å². The minimum absolute atomic E-state index is 0.221. The lowest BCUT2D eigenvalue weighted by molar-refractivity contribution is -0.205. The second-order valence-corrected chi connectivity index (χ2v) is 5.68. The number of carbonyl (C=O) groups is 1. The predicted molar refractivity (Wildman–Crippen MR) is 71.7 cm³/mol. The summed E-state index contributed by atoms with van der Waals surface area (Å²) in [6, 6.07) is 0. The maximum Gasteiger partial charge on any atom is 0.335 e. The summed E-state index contributed by atoms with van der Waals surface area (Å²) in [4.78, 5) is 11.9. The summed E-state index contributed by atoms with van der Waals surface area (Å²) in [6.07, 6.45) is 9.50. The highest BCUT2D eigenvalue weighted by atomic mass is 16.7. The second kappa shape index (κ2) is 7.85. The molecule has 110 valence electrons. The highest BCUT2D eigenvalue weighted by Crippen LogP contribution is 2.29. The van der Waals surface area contributed by atoms with E-state index in [1.807, 2.05) is 0 Å². The van der Waals surface area contributed by atoms with Crippen LogP contribution in [0.1, 0.15) is 57.8 Å². The topological polar surface area (TPSA) is 44.8 Å². The van der Waals surface area contributed by atoms with Crippen LogP contribution in [0.5, 0.6) is 0 Å². The molecular weight excluding hydrogens is 244 g/mol. The Morgan fingerprint density at radius 3 is 2.53 bits per heavy atom. The van der Waals surface area contributed by atoms with Gasteiger partial charge >= 0.3 is 5.97 Å². The zero-order valence-corrected chi connectivity index (χ0v) is 11.9. The molecule has 1 saturated heterocycles. The third kappa shape index (κ3) is 4.77. The number of hydrogen-bond acceptors (Lipinski definition) is 4. The smallest absolute Gasteiger partial charge is 0.335 e. The number of methoxy groups -OCH3 is 1. The number of esters is 1. The van der Waals surface area contributed by atoms with E-state index in [1.54, 1.807) is 0 Å². The van der Waals surface area contributed by atoms with Crippen LogP contribution >= 0.6 is 0 Å². The van der Waals surface area contributed by atoms with E-state index in [0.29, 0.717) is 5.92 Å². The third-order valence-corrected chi connectivity index (χ3v) is 4.19. The molecule has 0 N–H and O–H groups in total. The molecular formula is C15H26O4. The van der Waals surface area contributed by atoms with Crippen LogP contribution < -0.4 is 0 Å². The van der Waals surface area contributed by atoms with Gasteiger partial charge in [0.2, 0.25) is 0 Å². The Morgan fingerprint density at radius 1 is 1.16 bits per heavy atom. The zero-order valence-electron chi connectivity index (χ0n) is 11.9. The standard InChI is InChI=1S/C15H26O4/c1-17-15(16)13(11-12-7-3-2-4-8-12)19-14-9-5-6-10-18-14/h12-14H,2-11H2,1H3. The molecule has 0 amide bonds. The molecule has 19 heavy (non-hydrogen) atoms. The van der Waals surface area contributed by atoms with E-state index in [0.717, 1.165) is 32.3 Å². The van der Waals surface area contributed by atoms with Crippen LogP contribution in [0.4, 0.5) is 0 Å². The number of carbonyl (C=O) groups excluding carboxylic acids is 1. The molecule has 0 bridgehead atoms. The van der Waals surface area contributed by atoms with E-state index in [9.17, 15) is 4.79 Å². The SMILES string of the molecule is COC(=O)C(CC1CCCCC1)OC1CCCCO1. The minimum Gasteiger partial charge on any atom is -0.467 e. The van der Waals surface area contributed by atoms with Crippen molar-refractivity contribution in [3.63, 3.8) is 0 Å². The van der Waals surface area contributed by atoms with Crippen molar-refractivity contribution in [1.29, 1.82) is 0 Å². The molecule has 2 unspecified atom stereocenters. The molecule has 0 aromatic rings. The monoisotopic (exact) mass is 270 g/mol. The molecule has 1 heterocycles. The van der Waals surface area contributed by atoms with Crippen LogP contribution in [0.25, 0.3) is 0 Å². The van der Waals surface area contributed by atoms with E-state index in [2.05, 4.69) is 0 Å².